The van der Waals surface area contributed by atoms with Gasteiger partial charge in [-0.3, -0.25) is 14.4 Å². The molecule has 0 spiro atoms. The van der Waals surface area contributed by atoms with Crippen LogP contribution in [-0.2, 0) is 15.7 Å². The summed E-state index contributed by atoms with van der Waals surface area (Å²) in [6.07, 6.45) is -13.5. The summed E-state index contributed by atoms with van der Waals surface area (Å²) in [6, 6.07) is -3.11. The van der Waals surface area contributed by atoms with Crippen molar-refractivity contribution in [3.05, 3.63) is 27.9 Å². The van der Waals surface area contributed by atoms with Crippen LogP contribution in [0.1, 0.15) is 36.9 Å². The van der Waals surface area contributed by atoms with E-state index in [0.29, 0.717) is 21.8 Å². The van der Waals surface area contributed by atoms with Gasteiger partial charge in [0, 0.05) is 29.1 Å². The quantitative estimate of drug-likeness (QED) is 0.385. The largest absolute Gasteiger partial charge is 0.465 e. The third kappa shape index (κ3) is 4.86. The van der Waals surface area contributed by atoms with Gasteiger partial charge in [-0.2, -0.15) is 18.3 Å². The monoisotopic (exact) mass is 561 g/mol. The van der Waals surface area contributed by atoms with Crippen molar-refractivity contribution >= 4 is 38.7 Å². The molecule has 2 unspecified atom stereocenters. The second-order valence-corrected chi connectivity index (χ2v) is 8.32. The number of amides is 1. The van der Waals surface area contributed by atoms with Crippen LogP contribution in [0.25, 0.3) is 10.9 Å². The summed E-state index contributed by atoms with van der Waals surface area (Å²) < 4.78 is 87.0. The molecule has 34 heavy (non-hydrogen) atoms. The highest BCUT2D eigenvalue weighted by atomic mass is 79.9. The molecule has 0 radical (unpaired) electrons. The minimum Gasteiger partial charge on any atom is -0.465 e. The Hall–Kier alpha value is -2.39. The van der Waals surface area contributed by atoms with E-state index in [1.807, 2.05) is 0 Å². The van der Waals surface area contributed by atoms with Crippen LogP contribution in [0.15, 0.2) is 16.7 Å². The number of aliphatic hydroxyl groups excluding tert-OH is 1. The van der Waals surface area contributed by atoms with Crippen LogP contribution in [0.5, 0.6) is 0 Å². The first-order valence-corrected chi connectivity index (χ1v) is 10.6. The summed E-state index contributed by atoms with van der Waals surface area (Å²) >= 11 is 2.69. The molecular formula is C19H18BrF6N3O5. The molecule has 0 aliphatic carbocycles. The van der Waals surface area contributed by atoms with Crippen LogP contribution in [0.3, 0.4) is 0 Å². The van der Waals surface area contributed by atoms with Gasteiger partial charge < -0.3 is 14.9 Å². The average molecular weight is 562 g/mol. The summed E-state index contributed by atoms with van der Waals surface area (Å²) in [4.78, 5) is 25.2. The number of Topliss-reactive ketones (excluding diaryl/α,β-unsaturated/α-hetero) is 1. The topological polar surface area (TPSA) is 105 Å². The van der Waals surface area contributed by atoms with Gasteiger partial charge in [0.1, 0.15) is 11.7 Å². The van der Waals surface area contributed by atoms with Gasteiger partial charge in [-0.25, -0.2) is 18.0 Å². The second kappa shape index (κ2) is 9.70. The van der Waals surface area contributed by atoms with Gasteiger partial charge >= 0.3 is 12.3 Å². The lowest BCUT2D eigenvalue weighted by molar-refractivity contribution is -0.154. The van der Waals surface area contributed by atoms with Crippen molar-refractivity contribution in [2.75, 3.05) is 13.2 Å². The molecule has 0 saturated carbocycles. The lowest BCUT2D eigenvalue weighted by atomic mass is 10.0. The molecule has 2 aromatic rings. The molecule has 1 aliphatic heterocycles. The summed E-state index contributed by atoms with van der Waals surface area (Å²) in [6.45, 7) is 0.617. The highest BCUT2D eigenvalue weighted by molar-refractivity contribution is 9.10. The first-order chi connectivity index (χ1) is 15.8. The van der Waals surface area contributed by atoms with Crippen molar-refractivity contribution < 1.29 is 50.9 Å². The van der Waals surface area contributed by atoms with E-state index in [-0.39, 0.29) is 6.61 Å². The van der Waals surface area contributed by atoms with Crippen LogP contribution in [0.2, 0.25) is 0 Å². The number of hydrogen-bond donors (Lipinski definition) is 2. The number of nitrogens with zero attached hydrogens (tertiary/aromatic N) is 3. The molecule has 1 aromatic carbocycles. The Morgan fingerprint density at radius 3 is 2.53 bits per heavy atom. The van der Waals surface area contributed by atoms with Crippen LogP contribution >= 0.6 is 15.9 Å². The Balaban J connectivity index is 2.21. The Bertz CT molecular complexity index is 1090. The number of alkyl halides is 6. The molecular weight excluding hydrogens is 544 g/mol. The Labute approximate surface area is 196 Å². The number of ether oxygens (including phenoxy) is 1. The molecule has 0 bridgehead atoms. The minimum atomic E-state index is -4.99. The average Bonchev–Trinajstić information content (AvgIpc) is 3.30. The number of benzene rings is 1. The normalized spacial score (nSPS) is 20.8. The fourth-order valence-corrected chi connectivity index (χ4v) is 4.48. The Kier molecular flexibility index (Phi) is 7.48. The summed E-state index contributed by atoms with van der Waals surface area (Å²) in [7, 11) is 0. The van der Waals surface area contributed by atoms with E-state index in [0.717, 1.165) is 0 Å². The highest BCUT2D eigenvalue weighted by Gasteiger charge is 2.46. The Morgan fingerprint density at radius 1 is 1.35 bits per heavy atom. The predicted octanol–water partition coefficient (Wildman–Crippen LogP) is 4.31. The molecule has 2 N–H and O–H groups in total. The third-order valence-corrected chi connectivity index (χ3v) is 5.99. The number of rotatable bonds is 7. The lowest BCUT2D eigenvalue weighted by Gasteiger charge is -2.27. The molecule has 2 heterocycles. The molecule has 1 amide bonds. The van der Waals surface area contributed by atoms with Crippen molar-refractivity contribution in [1.82, 2.24) is 14.7 Å². The molecule has 1 aromatic heterocycles. The van der Waals surface area contributed by atoms with E-state index in [2.05, 4.69) is 21.0 Å². The van der Waals surface area contributed by atoms with E-state index in [1.54, 1.807) is 0 Å². The number of aromatic nitrogens is 2. The maximum Gasteiger partial charge on any atom is 0.417 e. The van der Waals surface area contributed by atoms with E-state index in [4.69, 9.17) is 4.74 Å². The van der Waals surface area contributed by atoms with E-state index >= 15 is 0 Å². The van der Waals surface area contributed by atoms with Crippen molar-refractivity contribution in [1.29, 1.82) is 0 Å². The summed E-state index contributed by atoms with van der Waals surface area (Å²) in [5.74, 6) is -1.12. The van der Waals surface area contributed by atoms with Crippen LogP contribution in [0, 0.1) is 0 Å². The van der Waals surface area contributed by atoms with E-state index in [9.17, 15) is 46.1 Å². The van der Waals surface area contributed by atoms with Crippen molar-refractivity contribution in [3.8, 4) is 0 Å². The third-order valence-electron chi connectivity index (χ3n) is 5.34. The molecule has 1 saturated heterocycles. The van der Waals surface area contributed by atoms with Crippen LogP contribution < -0.4 is 0 Å². The zero-order valence-electron chi connectivity index (χ0n) is 17.3. The molecule has 15 heteroatoms. The van der Waals surface area contributed by atoms with Gasteiger partial charge in [0.25, 0.3) is 6.43 Å². The standard InChI is InChI=1S/C19H18BrF6N3O5/c1-2-34-17(31)14(15(30)11-3-7(21)5-28(11)18(32)33)29-6-8-9(19(24,25)26)4-10(20)12(16(22)23)13(8)27-29/h4,6-7,11,14,16-17,31H,2-3,5H2,1H3,(H,32,33)/t7-,11+,14?,17?/m1/s1. The van der Waals surface area contributed by atoms with Crippen molar-refractivity contribution in [3.63, 3.8) is 0 Å². The number of carbonyl (C=O) groups excluding carboxylic acids is 1. The number of halogens is 7. The van der Waals surface area contributed by atoms with Gasteiger partial charge in [0.2, 0.25) is 0 Å². The molecule has 3 rings (SSSR count). The predicted molar refractivity (Wildman–Crippen MR) is 107 cm³/mol. The van der Waals surface area contributed by atoms with Gasteiger partial charge in [0.05, 0.1) is 23.7 Å². The maximum atomic E-state index is 13.9. The molecule has 4 atom stereocenters. The summed E-state index contributed by atoms with van der Waals surface area (Å²) in [5.41, 5.74) is -3.00. The summed E-state index contributed by atoms with van der Waals surface area (Å²) in [5, 5.41) is 22.7. The Morgan fingerprint density at radius 2 is 2.00 bits per heavy atom. The van der Waals surface area contributed by atoms with E-state index in [1.165, 1.54) is 6.92 Å². The number of aliphatic hydroxyl groups is 1. The van der Waals surface area contributed by atoms with E-state index < -0.39 is 88.5 Å². The smallest absolute Gasteiger partial charge is 0.417 e. The zero-order chi connectivity index (χ0) is 25.5. The van der Waals surface area contributed by atoms with Gasteiger partial charge in [-0.1, -0.05) is 15.9 Å². The molecule has 188 valence electrons. The number of fused-ring (bicyclic) bond motifs is 1. The van der Waals surface area contributed by atoms with Crippen LogP contribution in [-0.4, -0.2) is 68.4 Å². The van der Waals surface area contributed by atoms with Crippen LogP contribution in [0.4, 0.5) is 31.1 Å². The van der Waals surface area contributed by atoms with Crippen molar-refractivity contribution in [2.45, 2.75) is 50.5 Å². The molecule has 1 aliphatic rings. The second-order valence-electron chi connectivity index (χ2n) is 7.47. The van der Waals surface area contributed by atoms with Gasteiger partial charge in [-0.05, 0) is 13.0 Å². The molecule has 8 nitrogen and oxygen atoms in total. The first kappa shape index (κ1) is 26.2. The number of carbonyl (C=O) groups is 2. The SMILES string of the molecule is CCOC(O)C(C(=O)[C@@H]1C[C@@H](F)CN1C(=O)O)n1cc2c(C(F)(F)F)cc(Br)c(C(F)F)c2n1. The van der Waals surface area contributed by atoms with Gasteiger partial charge in [0.15, 0.2) is 18.1 Å². The number of ketones is 1. The number of carboxylic acid groups (broad SMARTS) is 1. The fourth-order valence-electron chi connectivity index (χ4n) is 3.89. The van der Waals surface area contributed by atoms with Crippen molar-refractivity contribution in [2.24, 2.45) is 0 Å². The number of likely N-dealkylation sites (tertiary alicyclic amines) is 1. The first-order valence-electron chi connectivity index (χ1n) is 9.81. The lowest BCUT2D eigenvalue weighted by Crippen LogP contribution is -2.46. The fraction of sp³-hybridized carbons (Fsp3) is 0.526. The maximum absolute atomic E-state index is 13.9. The number of hydrogen-bond acceptors (Lipinski definition) is 5. The highest BCUT2D eigenvalue weighted by Crippen LogP contribution is 2.42. The minimum absolute atomic E-state index is 0.174. The van der Waals surface area contributed by atoms with Gasteiger partial charge in [-0.15, -0.1) is 0 Å². The zero-order valence-corrected chi connectivity index (χ0v) is 18.9. The molecule has 1 fully saturated rings.